The van der Waals surface area contributed by atoms with E-state index in [4.69, 9.17) is 4.42 Å². The lowest BCUT2D eigenvalue weighted by Crippen LogP contribution is -2.13. The molecule has 110 valence electrons. The van der Waals surface area contributed by atoms with Crippen LogP contribution in [-0.2, 0) is 17.6 Å². The molecule has 1 N–H and O–H groups in total. The molecule has 0 radical (unpaired) electrons. The normalized spacial score (nSPS) is 10.3. The molecule has 1 heterocycles. The number of para-hydroxylation sites is 2. The predicted octanol–water partition coefficient (Wildman–Crippen LogP) is 3.32. The molecule has 0 bridgehead atoms. The van der Waals surface area contributed by atoms with Gasteiger partial charge >= 0.3 is 0 Å². The van der Waals surface area contributed by atoms with Gasteiger partial charge in [-0.15, -0.1) is 0 Å². The quantitative estimate of drug-likeness (QED) is 0.652. The fourth-order valence-electron chi connectivity index (χ4n) is 1.93. The maximum Gasteiger partial charge on any atom is 0.292 e. The first kappa shape index (κ1) is 14.8. The first-order valence-corrected chi connectivity index (χ1v) is 6.71. The smallest absolute Gasteiger partial charge is 0.292 e. The van der Waals surface area contributed by atoms with Crippen molar-refractivity contribution in [2.45, 2.75) is 26.2 Å². The van der Waals surface area contributed by atoms with Crippen molar-refractivity contribution in [3.63, 3.8) is 0 Å². The van der Waals surface area contributed by atoms with Gasteiger partial charge in [-0.25, -0.2) is 0 Å². The topological polar surface area (TPSA) is 85.4 Å². The van der Waals surface area contributed by atoms with E-state index in [9.17, 15) is 14.9 Å². The van der Waals surface area contributed by atoms with E-state index in [2.05, 4.69) is 5.32 Å². The number of nitrogens with zero attached hydrogens (tertiary/aromatic N) is 1. The van der Waals surface area contributed by atoms with E-state index in [-0.39, 0.29) is 23.7 Å². The molecule has 0 fully saturated rings. The van der Waals surface area contributed by atoms with E-state index in [1.54, 1.807) is 12.1 Å². The van der Waals surface area contributed by atoms with Crippen LogP contribution in [-0.4, -0.2) is 10.8 Å². The van der Waals surface area contributed by atoms with E-state index < -0.39 is 4.92 Å². The summed E-state index contributed by atoms with van der Waals surface area (Å²) in [5, 5.41) is 13.4. The number of carbonyl (C=O) groups excluding carboxylic acids is 1. The average molecular weight is 288 g/mol. The molecule has 0 aliphatic rings. The number of rotatable bonds is 6. The van der Waals surface area contributed by atoms with E-state index in [1.165, 1.54) is 12.1 Å². The maximum absolute atomic E-state index is 11.9. The molecule has 1 amide bonds. The number of benzene rings is 1. The summed E-state index contributed by atoms with van der Waals surface area (Å²) in [4.78, 5) is 22.2. The van der Waals surface area contributed by atoms with Crippen molar-refractivity contribution >= 4 is 17.3 Å². The molecule has 21 heavy (non-hydrogen) atoms. The van der Waals surface area contributed by atoms with Gasteiger partial charge in [-0.05, 0) is 18.2 Å². The Morgan fingerprint density at radius 3 is 2.62 bits per heavy atom. The van der Waals surface area contributed by atoms with Crippen molar-refractivity contribution in [2.75, 3.05) is 5.32 Å². The number of carbonyl (C=O) groups is 1. The number of amides is 1. The number of hydrogen-bond acceptors (Lipinski definition) is 4. The summed E-state index contributed by atoms with van der Waals surface area (Å²) in [5.74, 6) is 1.34. The summed E-state index contributed by atoms with van der Waals surface area (Å²) in [5.41, 5.74) is 0.0957. The van der Waals surface area contributed by atoms with Crippen molar-refractivity contribution in [3.05, 3.63) is 58.0 Å². The van der Waals surface area contributed by atoms with Gasteiger partial charge in [0.1, 0.15) is 17.2 Å². The molecule has 2 aromatic rings. The molecule has 0 saturated carbocycles. The van der Waals surface area contributed by atoms with Gasteiger partial charge in [0.05, 0.1) is 4.92 Å². The SMILES string of the molecule is CCc1ccc(CCC(=O)Nc2ccccc2[N+](=O)[O-])o1. The van der Waals surface area contributed by atoms with Crippen LogP contribution in [0.3, 0.4) is 0 Å². The molecule has 2 rings (SSSR count). The minimum Gasteiger partial charge on any atom is -0.466 e. The lowest BCUT2D eigenvalue weighted by atomic mass is 10.2. The van der Waals surface area contributed by atoms with E-state index in [1.807, 2.05) is 19.1 Å². The van der Waals surface area contributed by atoms with Crippen LogP contribution in [0.15, 0.2) is 40.8 Å². The van der Waals surface area contributed by atoms with Gasteiger partial charge in [-0.3, -0.25) is 14.9 Å². The van der Waals surface area contributed by atoms with Crippen LogP contribution >= 0.6 is 0 Å². The van der Waals surface area contributed by atoms with Crippen LogP contribution < -0.4 is 5.32 Å². The summed E-state index contributed by atoms with van der Waals surface area (Å²) in [7, 11) is 0. The zero-order valence-corrected chi connectivity index (χ0v) is 11.7. The fourth-order valence-corrected chi connectivity index (χ4v) is 1.93. The number of nitro groups is 1. The molecule has 6 nitrogen and oxygen atoms in total. The Morgan fingerprint density at radius 2 is 1.95 bits per heavy atom. The first-order valence-electron chi connectivity index (χ1n) is 6.71. The van der Waals surface area contributed by atoms with Crippen molar-refractivity contribution in [1.29, 1.82) is 0 Å². The van der Waals surface area contributed by atoms with Crippen LogP contribution in [0, 0.1) is 10.1 Å². The number of nitro benzene ring substituents is 1. The summed E-state index contributed by atoms with van der Waals surface area (Å²) in [6.07, 6.45) is 1.48. The van der Waals surface area contributed by atoms with Crippen LogP contribution in [0.1, 0.15) is 24.9 Å². The molecular weight excluding hydrogens is 272 g/mol. The Balaban J connectivity index is 1.94. The second-order valence-electron chi connectivity index (χ2n) is 4.54. The van der Waals surface area contributed by atoms with E-state index >= 15 is 0 Å². The zero-order valence-electron chi connectivity index (χ0n) is 11.7. The highest BCUT2D eigenvalue weighted by Crippen LogP contribution is 2.23. The molecule has 0 aliphatic heterocycles. The lowest BCUT2D eigenvalue weighted by Gasteiger charge is -2.05. The van der Waals surface area contributed by atoms with Gasteiger partial charge in [0.15, 0.2) is 0 Å². The maximum atomic E-state index is 11.9. The van der Waals surface area contributed by atoms with Gasteiger partial charge in [-0.1, -0.05) is 19.1 Å². The Kier molecular flexibility index (Phi) is 4.71. The Bertz CT molecular complexity index is 649. The Labute approximate surface area is 121 Å². The highest BCUT2D eigenvalue weighted by Gasteiger charge is 2.14. The Hall–Kier alpha value is -2.63. The van der Waals surface area contributed by atoms with Gasteiger partial charge in [0.2, 0.25) is 5.91 Å². The minimum atomic E-state index is -0.518. The predicted molar refractivity (Wildman–Crippen MR) is 78.1 cm³/mol. The molecule has 0 atom stereocenters. The number of nitrogens with one attached hydrogen (secondary N) is 1. The highest BCUT2D eigenvalue weighted by molar-refractivity contribution is 5.93. The fraction of sp³-hybridized carbons (Fsp3) is 0.267. The van der Waals surface area contributed by atoms with Crippen molar-refractivity contribution in [2.24, 2.45) is 0 Å². The molecule has 0 aliphatic carbocycles. The van der Waals surface area contributed by atoms with Crippen LogP contribution in [0.2, 0.25) is 0 Å². The van der Waals surface area contributed by atoms with Crippen molar-refractivity contribution in [3.8, 4) is 0 Å². The molecule has 0 spiro atoms. The summed E-state index contributed by atoms with van der Waals surface area (Å²) >= 11 is 0. The molecule has 1 aromatic heterocycles. The molecular formula is C15H16N2O4. The number of aryl methyl sites for hydroxylation is 2. The van der Waals surface area contributed by atoms with Gasteiger partial charge < -0.3 is 9.73 Å². The first-order chi connectivity index (χ1) is 10.1. The summed E-state index contributed by atoms with van der Waals surface area (Å²) in [6, 6.07) is 9.80. The van der Waals surface area contributed by atoms with Crippen molar-refractivity contribution < 1.29 is 14.1 Å². The molecule has 6 heteroatoms. The third-order valence-corrected chi connectivity index (χ3v) is 3.04. The molecule has 0 unspecified atom stereocenters. The largest absolute Gasteiger partial charge is 0.466 e. The number of hydrogen-bond donors (Lipinski definition) is 1. The minimum absolute atomic E-state index is 0.114. The van der Waals surface area contributed by atoms with Crippen LogP contribution in [0.4, 0.5) is 11.4 Å². The average Bonchev–Trinajstić information content (AvgIpc) is 2.93. The van der Waals surface area contributed by atoms with E-state index in [0.29, 0.717) is 6.42 Å². The van der Waals surface area contributed by atoms with Gasteiger partial charge in [-0.2, -0.15) is 0 Å². The molecule has 0 saturated heterocycles. The highest BCUT2D eigenvalue weighted by atomic mass is 16.6. The number of anilines is 1. The second-order valence-corrected chi connectivity index (χ2v) is 4.54. The Morgan fingerprint density at radius 1 is 1.24 bits per heavy atom. The zero-order chi connectivity index (χ0) is 15.2. The van der Waals surface area contributed by atoms with Gasteiger partial charge in [0, 0.05) is 25.3 Å². The molecule has 1 aromatic carbocycles. The van der Waals surface area contributed by atoms with Crippen LogP contribution in [0.25, 0.3) is 0 Å². The van der Waals surface area contributed by atoms with Crippen LogP contribution in [0.5, 0.6) is 0 Å². The lowest BCUT2D eigenvalue weighted by molar-refractivity contribution is -0.383. The third kappa shape index (κ3) is 3.92. The second kappa shape index (κ2) is 6.69. The monoisotopic (exact) mass is 288 g/mol. The standard InChI is InChI=1S/C15H16N2O4/c1-2-11-7-8-12(21-11)9-10-15(18)16-13-5-3-4-6-14(13)17(19)20/h3-8H,2,9-10H2,1H3,(H,16,18). The summed E-state index contributed by atoms with van der Waals surface area (Å²) in [6.45, 7) is 1.99. The van der Waals surface area contributed by atoms with Gasteiger partial charge in [0.25, 0.3) is 5.69 Å². The van der Waals surface area contributed by atoms with E-state index in [0.717, 1.165) is 17.9 Å². The van der Waals surface area contributed by atoms with Crippen molar-refractivity contribution in [1.82, 2.24) is 0 Å². The third-order valence-electron chi connectivity index (χ3n) is 3.04. The summed E-state index contributed by atoms with van der Waals surface area (Å²) < 4.78 is 5.51. The number of furan rings is 1.